The molecule has 3 aliphatic rings. The number of likely N-dealkylation sites (N-methyl/N-ethyl adjacent to an activating group) is 1. The van der Waals surface area contributed by atoms with Gasteiger partial charge in [0.25, 0.3) is 0 Å². The van der Waals surface area contributed by atoms with Crippen LogP contribution in [0.5, 0.6) is 11.5 Å². The number of aromatic hydroxyl groups is 1. The van der Waals surface area contributed by atoms with Crippen molar-refractivity contribution in [1.82, 2.24) is 25.1 Å². The molecule has 2 fully saturated rings. The number of piperazine rings is 1. The molecule has 0 radical (unpaired) electrons. The van der Waals surface area contributed by atoms with Crippen molar-refractivity contribution in [1.29, 1.82) is 0 Å². The van der Waals surface area contributed by atoms with Gasteiger partial charge >= 0.3 is 6.03 Å². The SMILES string of the molecule is C=CCN1CC(=O)N2[C@@H](Cc3ccc(O)cc3)C(=O)N(Cc3cc(C)cc4c3N(C)CCO4)C[C@@H]2N1C(=O)NCc1ccccc1. The average molecular weight is 625 g/mol. The van der Waals surface area contributed by atoms with Gasteiger partial charge in [0.05, 0.1) is 25.3 Å². The number of hydrogen-bond acceptors (Lipinski definition) is 7. The van der Waals surface area contributed by atoms with Crippen LogP contribution in [-0.2, 0) is 29.1 Å². The molecule has 0 bridgehead atoms. The molecular weight excluding hydrogens is 584 g/mol. The van der Waals surface area contributed by atoms with Gasteiger partial charge in [-0.1, -0.05) is 54.6 Å². The Balaban J connectivity index is 1.38. The zero-order valence-electron chi connectivity index (χ0n) is 26.3. The summed E-state index contributed by atoms with van der Waals surface area (Å²) < 4.78 is 6.00. The number of nitrogens with zero attached hydrogens (tertiary/aromatic N) is 5. The predicted octanol–water partition coefficient (Wildman–Crippen LogP) is 3.27. The van der Waals surface area contributed by atoms with E-state index in [1.165, 1.54) is 0 Å². The van der Waals surface area contributed by atoms with Crippen LogP contribution < -0.4 is 15.0 Å². The van der Waals surface area contributed by atoms with Gasteiger partial charge in [0.2, 0.25) is 11.8 Å². The number of anilines is 1. The first-order chi connectivity index (χ1) is 22.2. The lowest BCUT2D eigenvalue weighted by Crippen LogP contribution is -2.76. The van der Waals surface area contributed by atoms with Crippen LogP contribution >= 0.6 is 0 Å². The number of hydrogen-bond donors (Lipinski definition) is 2. The number of phenolic OH excluding ortho intramolecular Hbond substituents is 1. The summed E-state index contributed by atoms with van der Waals surface area (Å²) in [4.78, 5) is 47.7. The third-order valence-corrected chi connectivity index (χ3v) is 8.76. The van der Waals surface area contributed by atoms with Gasteiger partial charge in [0, 0.05) is 33.1 Å². The second-order valence-electron chi connectivity index (χ2n) is 12.1. The van der Waals surface area contributed by atoms with Gasteiger partial charge in [-0.3, -0.25) is 9.59 Å². The van der Waals surface area contributed by atoms with Crippen LogP contribution in [0, 0.1) is 6.92 Å². The normalized spacial score (nSPS) is 19.8. The van der Waals surface area contributed by atoms with Crippen molar-refractivity contribution in [3.05, 3.63) is 102 Å². The lowest BCUT2D eigenvalue weighted by Gasteiger charge is -2.55. The zero-order chi connectivity index (χ0) is 32.4. The second kappa shape index (κ2) is 13.1. The summed E-state index contributed by atoms with van der Waals surface area (Å²) in [7, 11) is 2.01. The van der Waals surface area contributed by atoms with Crippen LogP contribution in [0.3, 0.4) is 0 Å². The molecule has 4 amide bonds. The number of benzene rings is 3. The van der Waals surface area contributed by atoms with Gasteiger partial charge in [-0.05, 0) is 47.4 Å². The largest absolute Gasteiger partial charge is 0.508 e. The Morgan fingerprint density at radius 3 is 2.59 bits per heavy atom. The molecule has 0 unspecified atom stereocenters. The molecule has 11 heteroatoms. The second-order valence-corrected chi connectivity index (χ2v) is 12.1. The number of phenols is 1. The molecule has 2 atom stereocenters. The van der Waals surface area contributed by atoms with Crippen LogP contribution in [0.1, 0.15) is 22.3 Å². The number of ether oxygens (including phenoxy) is 1. The Morgan fingerprint density at radius 1 is 1.09 bits per heavy atom. The fourth-order valence-electron chi connectivity index (χ4n) is 6.65. The number of rotatable bonds is 8. The summed E-state index contributed by atoms with van der Waals surface area (Å²) in [6.07, 6.45) is 1.13. The summed E-state index contributed by atoms with van der Waals surface area (Å²) in [5.41, 5.74) is 4.62. The smallest absolute Gasteiger partial charge is 0.334 e. The summed E-state index contributed by atoms with van der Waals surface area (Å²) in [5.74, 6) is 0.456. The Bertz CT molecular complexity index is 1610. The molecule has 6 rings (SSSR count). The highest BCUT2D eigenvalue weighted by Crippen LogP contribution is 2.37. The van der Waals surface area contributed by atoms with Crippen LogP contribution in [0.4, 0.5) is 10.5 Å². The van der Waals surface area contributed by atoms with E-state index in [2.05, 4.69) is 22.9 Å². The number of urea groups is 1. The number of amides is 4. The monoisotopic (exact) mass is 624 g/mol. The molecule has 3 heterocycles. The fraction of sp³-hybridized carbons (Fsp3) is 0.343. The molecule has 46 heavy (non-hydrogen) atoms. The number of aryl methyl sites for hydroxylation is 1. The van der Waals surface area contributed by atoms with E-state index < -0.39 is 12.2 Å². The third-order valence-electron chi connectivity index (χ3n) is 8.76. The number of carbonyl (C=O) groups is 3. The molecule has 0 spiro atoms. The molecule has 3 aliphatic heterocycles. The van der Waals surface area contributed by atoms with Crippen LogP contribution in [0.15, 0.2) is 79.4 Å². The Labute approximate surface area is 269 Å². The van der Waals surface area contributed by atoms with Gasteiger partial charge in [0.1, 0.15) is 30.3 Å². The maximum Gasteiger partial charge on any atom is 0.334 e. The Hall–Kier alpha value is -5.03. The molecule has 240 valence electrons. The van der Waals surface area contributed by atoms with Crippen LogP contribution in [0.25, 0.3) is 0 Å². The van der Waals surface area contributed by atoms with Crippen molar-refractivity contribution in [3.63, 3.8) is 0 Å². The molecule has 2 N–H and O–H groups in total. The van der Waals surface area contributed by atoms with Crippen molar-refractivity contribution < 1.29 is 24.2 Å². The molecule has 0 aliphatic carbocycles. The fourth-order valence-corrected chi connectivity index (χ4v) is 6.65. The standard InChI is InChI=1S/C35H40N6O5/c1-4-14-39-23-32(43)40-29(19-25-10-12-28(42)13-11-25)34(44)38(21-27-17-24(2)18-30-33(27)37(3)15-16-46-30)22-31(40)41(39)35(45)36-20-26-8-6-5-7-9-26/h4-13,17-18,29,31,42H,1,14-16,19-23H2,2-3H3,(H,36,45)/t29-,31-/m0/s1. The highest BCUT2D eigenvalue weighted by molar-refractivity contribution is 5.92. The van der Waals surface area contributed by atoms with E-state index in [0.29, 0.717) is 13.2 Å². The van der Waals surface area contributed by atoms with Crippen LogP contribution in [0.2, 0.25) is 0 Å². The summed E-state index contributed by atoms with van der Waals surface area (Å²) in [6.45, 7) is 8.07. The first kappa shape index (κ1) is 31.0. The minimum absolute atomic E-state index is 0.0752. The maximum atomic E-state index is 14.4. The van der Waals surface area contributed by atoms with Gasteiger partial charge in [0.15, 0.2) is 0 Å². The highest BCUT2D eigenvalue weighted by atomic mass is 16.5. The minimum Gasteiger partial charge on any atom is -0.508 e. The summed E-state index contributed by atoms with van der Waals surface area (Å²) in [5, 5.41) is 16.2. The van der Waals surface area contributed by atoms with Crippen molar-refractivity contribution in [2.45, 2.75) is 38.6 Å². The number of hydrazine groups is 1. The van der Waals surface area contributed by atoms with Crippen molar-refractivity contribution >= 4 is 23.5 Å². The molecule has 0 saturated carbocycles. The molecule has 3 aromatic rings. The lowest BCUT2D eigenvalue weighted by atomic mass is 9.97. The Morgan fingerprint density at radius 2 is 1.85 bits per heavy atom. The maximum absolute atomic E-state index is 14.4. The molecule has 11 nitrogen and oxygen atoms in total. The first-order valence-corrected chi connectivity index (χ1v) is 15.6. The lowest BCUT2D eigenvalue weighted by molar-refractivity contribution is -0.189. The van der Waals surface area contributed by atoms with E-state index in [1.807, 2.05) is 50.4 Å². The van der Waals surface area contributed by atoms with E-state index in [1.54, 1.807) is 50.2 Å². The van der Waals surface area contributed by atoms with E-state index in [4.69, 9.17) is 4.74 Å². The first-order valence-electron chi connectivity index (χ1n) is 15.6. The summed E-state index contributed by atoms with van der Waals surface area (Å²) in [6, 6.07) is 19.1. The van der Waals surface area contributed by atoms with Gasteiger partial charge < -0.3 is 29.9 Å². The molecule has 2 saturated heterocycles. The number of carbonyl (C=O) groups excluding carboxylic acids is 3. The van der Waals surface area contributed by atoms with Crippen LogP contribution in [-0.4, -0.2) is 94.8 Å². The van der Waals surface area contributed by atoms with E-state index >= 15 is 0 Å². The highest BCUT2D eigenvalue weighted by Gasteiger charge is 2.51. The molecular formula is C35H40N6O5. The minimum atomic E-state index is -0.860. The molecule has 0 aromatic heterocycles. The predicted molar refractivity (Wildman–Crippen MR) is 174 cm³/mol. The zero-order valence-corrected chi connectivity index (χ0v) is 26.3. The van der Waals surface area contributed by atoms with Crippen molar-refractivity contribution in [2.24, 2.45) is 0 Å². The number of fused-ring (bicyclic) bond motifs is 2. The topological polar surface area (TPSA) is 109 Å². The third kappa shape index (κ3) is 6.23. The average Bonchev–Trinajstić information content (AvgIpc) is 3.03. The van der Waals surface area contributed by atoms with Crippen molar-refractivity contribution in [2.75, 3.05) is 44.7 Å². The van der Waals surface area contributed by atoms with E-state index in [-0.39, 0.29) is 56.2 Å². The van der Waals surface area contributed by atoms with Gasteiger partial charge in [-0.2, -0.15) is 0 Å². The Kier molecular flexibility index (Phi) is 8.85. The van der Waals surface area contributed by atoms with Crippen molar-refractivity contribution in [3.8, 4) is 11.5 Å². The molecule has 3 aromatic carbocycles. The summed E-state index contributed by atoms with van der Waals surface area (Å²) >= 11 is 0. The quantitative estimate of drug-likeness (QED) is 0.371. The van der Waals surface area contributed by atoms with Gasteiger partial charge in [-0.25, -0.2) is 14.8 Å². The van der Waals surface area contributed by atoms with E-state index in [9.17, 15) is 19.5 Å². The number of nitrogens with one attached hydrogen (secondary N) is 1. The van der Waals surface area contributed by atoms with Gasteiger partial charge in [-0.15, -0.1) is 6.58 Å². The van der Waals surface area contributed by atoms with E-state index in [0.717, 1.165) is 40.2 Å².